The monoisotopic (exact) mass is 210 g/mol. The molecule has 0 saturated carbocycles. The number of fused-ring (bicyclic) bond motifs is 1. The Labute approximate surface area is 90.0 Å². The molecule has 2 saturated heterocycles. The van der Waals surface area contributed by atoms with Gasteiger partial charge in [-0.3, -0.25) is 9.59 Å². The van der Waals surface area contributed by atoms with E-state index in [0.29, 0.717) is 0 Å². The van der Waals surface area contributed by atoms with E-state index in [1.807, 2.05) is 11.9 Å². The zero-order chi connectivity index (χ0) is 11.0. The summed E-state index contributed by atoms with van der Waals surface area (Å²) in [7, 11) is 1.81. The standard InChI is InChI=1S/C11H18N2O2/c1-7(14)10-5-3-4-8-6-9(12-2)11(15)13(8)10/h8-10,12H,3-6H2,1-2H3. The summed E-state index contributed by atoms with van der Waals surface area (Å²) in [5.41, 5.74) is 0. The number of carbonyl (C=O) groups is 2. The zero-order valence-electron chi connectivity index (χ0n) is 9.32. The topological polar surface area (TPSA) is 49.4 Å². The van der Waals surface area contributed by atoms with Gasteiger partial charge in [-0.25, -0.2) is 0 Å². The van der Waals surface area contributed by atoms with Gasteiger partial charge in [-0.1, -0.05) is 0 Å². The summed E-state index contributed by atoms with van der Waals surface area (Å²) in [5, 5.41) is 3.03. The fourth-order valence-corrected chi connectivity index (χ4v) is 2.84. The molecule has 1 N–H and O–H groups in total. The lowest BCUT2D eigenvalue weighted by atomic mass is 9.94. The van der Waals surface area contributed by atoms with Crippen molar-refractivity contribution >= 4 is 11.7 Å². The largest absolute Gasteiger partial charge is 0.328 e. The molecule has 0 radical (unpaired) electrons. The predicted molar refractivity (Wildman–Crippen MR) is 56.4 cm³/mol. The van der Waals surface area contributed by atoms with Crippen molar-refractivity contribution in [3.63, 3.8) is 0 Å². The SMILES string of the molecule is CNC1CC2CCCC(C(C)=O)N2C1=O. The third-order valence-corrected chi connectivity index (χ3v) is 3.62. The Balaban J connectivity index is 2.20. The summed E-state index contributed by atoms with van der Waals surface area (Å²) in [6.07, 6.45) is 3.82. The van der Waals surface area contributed by atoms with Crippen molar-refractivity contribution in [2.24, 2.45) is 0 Å². The fraction of sp³-hybridized carbons (Fsp3) is 0.818. The van der Waals surface area contributed by atoms with Crippen molar-refractivity contribution in [1.29, 1.82) is 0 Å². The van der Waals surface area contributed by atoms with Gasteiger partial charge in [-0.05, 0) is 39.7 Å². The lowest BCUT2D eigenvalue weighted by molar-refractivity contribution is -0.140. The van der Waals surface area contributed by atoms with Crippen LogP contribution in [0.3, 0.4) is 0 Å². The van der Waals surface area contributed by atoms with Gasteiger partial charge >= 0.3 is 0 Å². The number of amides is 1. The Morgan fingerprint density at radius 1 is 1.47 bits per heavy atom. The molecule has 1 amide bonds. The fourth-order valence-electron chi connectivity index (χ4n) is 2.84. The quantitative estimate of drug-likeness (QED) is 0.714. The maximum atomic E-state index is 12.0. The van der Waals surface area contributed by atoms with Crippen molar-refractivity contribution in [3.05, 3.63) is 0 Å². The molecule has 2 heterocycles. The third kappa shape index (κ3) is 1.67. The molecule has 4 heteroatoms. The molecule has 0 bridgehead atoms. The minimum absolute atomic E-state index is 0.0741. The highest BCUT2D eigenvalue weighted by atomic mass is 16.2. The van der Waals surface area contributed by atoms with E-state index in [1.54, 1.807) is 6.92 Å². The predicted octanol–water partition coefficient (Wildman–Crippen LogP) is 0.317. The van der Waals surface area contributed by atoms with Crippen LogP contribution in [0.25, 0.3) is 0 Å². The Bertz CT molecular complexity index is 290. The number of nitrogens with one attached hydrogen (secondary N) is 1. The van der Waals surface area contributed by atoms with Crippen molar-refractivity contribution in [3.8, 4) is 0 Å². The first-order chi connectivity index (χ1) is 7.15. The van der Waals surface area contributed by atoms with Crippen LogP contribution in [0.1, 0.15) is 32.6 Å². The minimum atomic E-state index is -0.158. The first kappa shape index (κ1) is 10.6. The van der Waals surface area contributed by atoms with E-state index in [2.05, 4.69) is 5.32 Å². The highest BCUT2D eigenvalue weighted by Gasteiger charge is 2.45. The van der Waals surface area contributed by atoms with Crippen LogP contribution in [0.4, 0.5) is 0 Å². The van der Waals surface area contributed by atoms with Crippen LogP contribution < -0.4 is 5.32 Å². The van der Waals surface area contributed by atoms with Crippen molar-refractivity contribution in [1.82, 2.24) is 10.2 Å². The molecule has 0 aliphatic carbocycles. The maximum Gasteiger partial charge on any atom is 0.240 e. The van der Waals surface area contributed by atoms with Gasteiger partial charge in [0.15, 0.2) is 5.78 Å². The second-order valence-electron chi connectivity index (χ2n) is 4.53. The average Bonchev–Trinajstić information content (AvgIpc) is 2.55. The van der Waals surface area contributed by atoms with Crippen LogP contribution >= 0.6 is 0 Å². The molecule has 3 atom stereocenters. The smallest absolute Gasteiger partial charge is 0.240 e. The number of ketones is 1. The summed E-state index contributed by atoms with van der Waals surface area (Å²) < 4.78 is 0. The maximum absolute atomic E-state index is 12.0. The first-order valence-corrected chi connectivity index (χ1v) is 5.65. The average molecular weight is 210 g/mol. The van der Waals surface area contributed by atoms with E-state index in [1.165, 1.54) is 0 Å². The van der Waals surface area contributed by atoms with Crippen LogP contribution in [-0.4, -0.2) is 41.8 Å². The summed E-state index contributed by atoms with van der Waals surface area (Å²) >= 11 is 0. The molecule has 15 heavy (non-hydrogen) atoms. The molecule has 0 aromatic carbocycles. The lowest BCUT2D eigenvalue weighted by Gasteiger charge is -2.36. The normalized spacial score (nSPS) is 35.5. The Kier molecular flexibility index (Phi) is 2.78. The van der Waals surface area contributed by atoms with E-state index in [0.717, 1.165) is 25.7 Å². The van der Waals surface area contributed by atoms with Crippen LogP contribution in [-0.2, 0) is 9.59 Å². The Morgan fingerprint density at radius 3 is 2.80 bits per heavy atom. The van der Waals surface area contributed by atoms with E-state index in [4.69, 9.17) is 0 Å². The number of carbonyl (C=O) groups excluding carboxylic acids is 2. The van der Waals surface area contributed by atoms with Gasteiger partial charge in [0.2, 0.25) is 5.91 Å². The first-order valence-electron chi connectivity index (χ1n) is 5.65. The molecule has 4 nitrogen and oxygen atoms in total. The van der Waals surface area contributed by atoms with E-state index < -0.39 is 0 Å². The van der Waals surface area contributed by atoms with Crippen LogP contribution in [0, 0.1) is 0 Å². The van der Waals surface area contributed by atoms with Gasteiger partial charge in [0, 0.05) is 6.04 Å². The molecule has 0 aromatic heterocycles. The summed E-state index contributed by atoms with van der Waals surface area (Å²) in [5.74, 6) is 0.243. The number of Topliss-reactive ketones (excluding diaryl/α,β-unsaturated/α-hetero) is 1. The minimum Gasteiger partial charge on any atom is -0.328 e. The second kappa shape index (κ2) is 3.93. The van der Waals surface area contributed by atoms with Crippen LogP contribution in [0.15, 0.2) is 0 Å². The van der Waals surface area contributed by atoms with Gasteiger partial charge < -0.3 is 10.2 Å². The number of hydrogen-bond donors (Lipinski definition) is 1. The molecular weight excluding hydrogens is 192 g/mol. The molecule has 0 aromatic rings. The summed E-state index contributed by atoms with van der Waals surface area (Å²) in [4.78, 5) is 25.3. The number of rotatable bonds is 2. The highest BCUT2D eigenvalue weighted by Crippen LogP contribution is 2.32. The second-order valence-corrected chi connectivity index (χ2v) is 4.53. The van der Waals surface area contributed by atoms with Crippen molar-refractivity contribution < 1.29 is 9.59 Å². The molecule has 2 aliphatic rings. The molecular formula is C11H18N2O2. The summed E-state index contributed by atoms with van der Waals surface area (Å²) in [6.45, 7) is 1.59. The van der Waals surface area contributed by atoms with Gasteiger partial charge in [-0.2, -0.15) is 0 Å². The zero-order valence-corrected chi connectivity index (χ0v) is 9.32. The molecule has 2 fully saturated rings. The molecule has 3 unspecified atom stereocenters. The summed E-state index contributed by atoms with van der Waals surface area (Å²) in [6, 6.07) is 0.0575. The molecule has 2 rings (SSSR count). The number of nitrogens with zero attached hydrogens (tertiary/aromatic N) is 1. The Hall–Kier alpha value is -0.900. The highest BCUT2D eigenvalue weighted by molar-refractivity contribution is 5.91. The van der Waals surface area contributed by atoms with Crippen molar-refractivity contribution in [2.45, 2.75) is 50.7 Å². The van der Waals surface area contributed by atoms with Gasteiger partial charge in [-0.15, -0.1) is 0 Å². The molecule has 2 aliphatic heterocycles. The number of likely N-dealkylation sites (N-methyl/N-ethyl adjacent to an activating group) is 1. The number of piperidine rings is 1. The molecule has 0 spiro atoms. The van der Waals surface area contributed by atoms with Crippen LogP contribution in [0.5, 0.6) is 0 Å². The van der Waals surface area contributed by atoms with Gasteiger partial charge in [0.25, 0.3) is 0 Å². The van der Waals surface area contributed by atoms with Gasteiger partial charge in [0.1, 0.15) is 0 Å². The van der Waals surface area contributed by atoms with E-state index in [-0.39, 0.29) is 29.8 Å². The van der Waals surface area contributed by atoms with E-state index in [9.17, 15) is 9.59 Å². The van der Waals surface area contributed by atoms with E-state index >= 15 is 0 Å². The third-order valence-electron chi connectivity index (χ3n) is 3.62. The van der Waals surface area contributed by atoms with Crippen LogP contribution in [0.2, 0.25) is 0 Å². The number of hydrogen-bond acceptors (Lipinski definition) is 3. The lowest BCUT2D eigenvalue weighted by Crippen LogP contribution is -2.50. The van der Waals surface area contributed by atoms with Crippen molar-refractivity contribution in [2.75, 3.05) is 7.05 Å². The Morgan fingerprint density at radius 2 is 2.20 bits per heavy atom. The molecule has 84 valence electrons. The van der Waals surface area contributed by atoms with Gasteiger partial charge in [0.05, 0.1) is 12.1 Å².